The van der Waals surface area contributed by atoms with Crippen LogP contribution in [0.5, 0.6) is 0 Å². The summed E-state index contributed by atoms with van der Waals surface area (Å²) in [4.78, 5) is 11.1. The lowest BCUT2D eigenvalue weighted by atomic mass is 10.0. The normalized spacial score (nSPS) is 14.1. The van der Waals surface area contributed by atoms with Crippen LogP contribution in [-0.4, -0.2) is 28.9 Å². The van der Waals surface area contributed by atoms with Gasteiger partial charge in [-0.15, -0.1) is 0 Å². The van der Waals surface area contributed by atoms with Crippen LogP contribution in [0.15, 0.2) is 18.2 Å². The highest BCUT2D eigenvalue weighted by Gasteiger charge is 2.27. The summed E-state index contributed by atoms with van der Waals surface area (Å²) in [5, 5.41) is 19.2. The number of aliphatic hydroxyl groups excluding tert-OH is 2. The Morgan fingerprint density at radius 3 is 2.39 bits per heavy atom. The third-order valence-corrected chi connectivity index (χ3v) is 2.34. The first-order valence-electron chi connectivity index (χ1n) is 5.43. The Labute approximate surface area is 103 Å². The third-order valence-electron chi connectivity index (χ3n) is 2.34. The minimum absolute atomic E-state index is 0.121. The van der Waals surface area contributed by atoms with Gasteiger partial charge in [-0.1, -0.05) is 6.07 Å². The van der Waals surface area contributed by atoms with Crippen LogP contribution in [0, 0.1) is 11.6 Å². The largest absolute Gasteiger partial charge is 0.466 e. The Kier molecular flexibility index (Phi) is 5.18. The molecule has 0 saturated heterocycles. The number of carbonyl (C=O) groups is 1. The maximum atomic E-state index is 13.3. The van der Waals surface area contributed by atoms with Crippen molar-refractivity contribution in [2.24, 2.45) is 0 Å². The van der Waals surface area contributed by atoms with Gasteiger partial charge in [0.2, 0.25) is 0 Å². The smallest absolute Gasteiger partial charge is 0.308 e. The van der Waals surface area contributed by atoms with Crippen molar-refractivity contribution >= 4 is 5.97 Å². The van der Waals surface area contributed by atoms with Crippen molar-refractivity contribution in [3.8, 4) is 0 Å². The Morgan fingerprint density at radius 2 is 1.89 bits per heavy atom. The van der Waals surface area contributed by atoms with E-state index >= 15 is 0 Å². The van der Waals surface area contributed by atoms with Crippen LogP contribution in [0.25, 0.3) is 0 Å². The highest BCUT2D eigenvalue weighted by atomic mass is 19.1. The molecule has 0 aromatic heterocycles. The van der Waals surface area contributed by atoms with Gasteiger partial charge in [-0.25, -0.2) is 8.78 Å². The molecule has 4 nitrogen and oxygen atoms in total. The van der Waals surface area contributed by atoms with Crippen LogP contribution >= 0.6 is 0 Å². The molecule has 2 N–H and O–H groups in total. The van der Waals surface area contributed by atoms with Gasteiger partial charge in [0, 0.05) is 0 Å². The van der Waals surface area contributed by atoms with E-state index in [0.717, 1.165) is 18.2 Å². The number of rotatable bonds is 5. The zero-order chi connectivity index (χ0) is 13.7. The maximum absolute atomic E-state index is 13.3. The summed E-state index contributed by atoms with van der Waals surface area (Å²) in [7, 11) is 0. The van der Waals surface area contributed by atoms with E-state index in [2.05, 4.69) is 4.74 Å². The predicted molar refractivity (Wildman–Crippen MR) is 58.6 cm³/mol. The number of benzene rings is 1. The van der Waals surface area contributed by atoms with Crippen molar-refractivity contribution < 1.29 is 28.5 Å². The van der Waals surface area contributed by atoms with E-state index in [0.29, 0.717) is 0 Å². The summed E-state index contributed by atoms with van der Waals surface area (Å²) >= 11 is 0. The van der Waals surface area contributed by atoms with Gasteiger partial charge in [0.15, 0.2) is 0 Å². The topological polar surface area (TPSA) is 66.8 Å². The summed E-state index contributed by atoms with van der Waals surface area (Å²) in [6.45, 7) is 1.70. The minimum atomic E-state index is -1.82. The SMILES string of the molecule is CCOC(=O)CC(O)C(O)c1c(F)cccc1F. The zero-order valence-corrected chi connectivity index (χ0v) is 9.77. The van der Waals surface area contributed by atoms with Crippen LogP contribution < -0.4 is 0 Å². The van der Waals surface area contributed by atoms with Crippen molar-refractivity contribution in [2.45, 2.75) is 25.6 Å². The van der Waals surface area contributed by atoms with E-state index in [4.69, 9.17) is 0 Å². The predicted octanol–water partition coefficient (Wildman–Crippen LogP) is 1.31. The summed E-state index contributed by atoms with van der Waals surface area (Å²) in [5.74, 6) is -2.71. The molecule has 100 valence electrons. The highest BCUT2D eigenvalue weighted by Crippen LogP contribution is 2.24. The second-order valence-corrected chi connectivity index (χ2v) is 3.66. The fourth-order valence-corrected chi connectivity index (χ4v) is 1.49. The fourth-order valence-electron chi connectivity index (χ4n) is 1.49. The first-order chi connectivity index (χ1) is 8.47. The van der Waals surface area contributed by atoms with Crippen LogP contribution in [-0.2, 0) is 9.53 Å². The molecular formula is C12H14F2O4. The molecule has 0 fully saturated rings. The van der Waals surface area contributed by atoms with Crippen LogP contribution in [0.4, 0.5) is 8.78 Å². The molecule has 0 bridgehead atoms. The molecule has 2 atom stereocenters. The van der Waals surface area contributed by atoms with E-state index in [1.54, 1.807) is 6.92 Å². The quantitative estimate of drug-likeness (QED) is 0.783. The van der Waals surface area contributed by atoms with Crippen molar-refractivity contribution in [2.75, 3.05) is 6.61 Å². The van der Waals surface area contributed by atoms with Crippen LogP contribution in [0.1, 0.15) is 25.0 Å². The van der Waals surface area contributed by atoms with Gasteiger partial charge in [-0.2, -0.15) is 0 Å². The molecule has 2 unspecified atom stereocenters. The Bertz CT molecular complexity index is 402. The molecule has 1 aromatic carbocycles. The molecule has 0 radical (unpaired) electrons. The summed E-state index contributed by atoms with van der Waals surface area (Å²) in [5.41, 5.74) is -0.658. The van der Waals surface area contributed by atoms with Gasteiger partial charge in [-0.05, 0) is 19.1 Å². The molecule has 0 spiro atoms. The molecule has 6 heteroatoms. The Balaban J connectivity index is 2.80. The average molecular weight is 260 g/mol. The van der Waals surface area contributed by atoms with E-state index in [-0.39, 0.29) is 6.61 Å². The number of ether oxygens (including phenoxy) is 1. The van der Waals surface area contributed by atoms with Gasteiger partial charge < -0.3 is 14.9 Å². The van der Waals surface area contributed by atoms with Gasteiger partial charge in [-0.3, -0.25) is 4.79 Å². The van der Waals surface area contributed by atoms with E-state index in [1.165, 1.54) is 0 Å². The molecule has 18 heavy (non-hydrogen) atoms. The lowest BCUT2D eigenvalue weighted by molar-refractivity contribution is -0.147. The highest BCUT2D eigenvalue weighted by molar-refractivity contribution is 5.70. The van der Waals surface area contributed by atoms with Crippen LogP contribution in [0.3, 0.4) is 0 Å². The Morgan fingerprint density at radius 1 is 1.33 bits per heavy atom. The van der Waals surface area contributed by atoms with E-state index < -0.39 is 41.8 Å². The molecule has 0 aliphatic heterocycles. The number of hydrogen-bond donors (Lipinski definition) is 2. The monoisotopic (exact) mass is 260 g/mol. The van der Waals surface area contributed by atoms with Gasteiger partial charge in [0.1, 0.15) is 17.7 Å². The first kappa shape index (κ1) is 14.5. The van der Waals surface area contributed by atoms with Crippen molar-refractivity contribution in [1.29, 1.82) is 0 Å². The molecule has 0 aliphatic carbocycles. The number of aliphatic hydroxyl groups is 2. The molecular weight excluding hydrogens is 246 g/mol. The molecule has 1 rings (SSSR count). The lowest BCUT2D eigenvalue weighted by Crippen LogP contribution is -2.24. The molecule has 0 saturated carbocycles. The van der Waals surface area contributed by atoms with Gasteiger partial charge in [0.05, 0.1) is 24.7 Å². The Hall–Kier alpha value is -1.53. The average Bonchev–Trinajstić information content (AvgIpc) is 2.28. The van der Waals surface area contributed by atoms with Gasteiger partial charge in [0.25, 0.3) is 0 Å². The molecule has 1 aromatic rings. The number of esters is 1. The number of halogens is 2. The van der Waals surface area contributed by atoms with Gasteiger partial charge >= 0.3 is 5.97 Å². The van der Waals surface area contributed by atoms with E-state index in [1.807, 2.05) is 0 Å². The van der Waals surface area contributed by atoms with Crippen molar-refractivity contribution in [3.63, 3.8) is 0 Å². The second-order valence-electron chi connectivity index (χ2n) is 3.66. The lowest BCUT2D eigenvalue weighted by Gasteiger charge is -2.18. The number of hydrogen-bond acceptors (Lipinski definition) is 4. The number of carbonyl (C=O) groups excluding carboxylic acids is 1. The summed E-state index contributed by atoms with van der Waals surface area (Å²) in [6, 6.07) is 3.05. The van der Waals surface area contributed by atoms with Crippen molar-refractivity contribution in [1.82, 2.24) is 0 Å². The molecule has 0 amide bonds. The fraction of sp³-hybridized carbons (Fsp3) is 0.417. The summed E-state index contributed by atoms with van der Waals surface area (Å²) in [6.07, 6.45) is -3.99. The molecule has 0 aliphatic rings. The minimum Gasteiger partial charge on any atom is -0.466 e. The third kappa shape index (κ3) is 3.48. The first-order valence-corrected chi connectivity index (χ1v) is 5.43. The molecule has 0 heterocycles. The van der Waals surface area contributed by atoms with Crippen molar-refractivity contribution in [3.05, 3.63) is 35.4 Å². The summed E-state index contributed by atoms with van der Waals surface area (Å²) < 4.78 is 31.2. The zero-order valence-electron chi connectivity index (χ0n) is 9.77. The maximum Gasteiger partial charge on any atom is 0.308 e. The van der Waals surface area contributed by atoms with Crippen LogP contribution in [0.2, 0.25) is 0 Å². The standard InChI is InChI=1S/C12H14F2O4/c1-2-18-10(16)6-9(15)12(17)11-7(13)4-3-5-8(11)14/h3-5,9,12,15,17H,2,6H2,1H3. The van der Waals surface area contributed by atoms with E-state index in [9.17, 15) is 23.8 Å². The second kappa shape index (κ2) is 6.42.